The summed E-state index contributed by atoms with van der Waals surface area (Å²) in [5.74, 6) is 0.108. The summed E-state index contributed by atoms with van der Waals surface area (Å²) in [6.07, 6.45) is 1.70. The number of ether oxygens (including phenoxy) is 2. The van der Waals surface area contributed by atoms with E-state index in [1.54, 1.807) is 18.3 Å². The summed E-state index contributed by atoms with van der Waals surface area (Å²) in [6.45, 7) is 0.615. The highest BCUT2D eigenvalue weighted by molar-refractivity contribution is 5.84. The van der Waals surface area contributed by atoms with Crippen molar-refractivity contribution in [1.82, 2.24) is 4.98 Å². The second-order valence-corrected chi connectivity index (χ2v) is 6.01. The van der Waals surface area contributed by atoms with E-state index in [0.717, 1.165) is 11.1 Å². The summed E-state index contributed by atoms with van der Waals surface area (Å²) in [5, 5.41) is 0.486. The van der Waals surface area contributed by atoms with Crippen LogP contribution in [-0.4, -0.2) is 4.98 Å². The predicted octanol–water partition coefficient (Wildman–Crippen LogP) is 5.47. The minimum atomic E-state index is -0.414. The minimum absolute atomic E-state index is 0.136. The second kappa shape index (κ2) is 7.31. The van der Waals surface area contributed by atoms with Crippen LogP contribution in [0.5, 0.6) is 11.5 Å². The zero-order valence-corrected chi connectivity index (χ0v) is 14.1. The molecule has 3 aromatic carbocycles. The number of aromatic amines is 1. The molecule has 4 heteroatoms. The fourth-order valence-electron chi connectivity index (χ4n) is 2.83. The molecule has 0 radical (unpaired) electrons. The van der Waals surface area contributed by atoms with Gasteiger partial charge in [0, 0.05) is 17.6 Å². The predicted molar refractivity (Wildman–Crippen MR) is 99.8 cm³/mol. The lowest BCUT2D eigenvalue weighted by Crippen LogP contribution is -2.02. The van der Waals surface area contributed by atoms with Gasteiger partial charge in [-0.2, -0.15) is 0 Å². The van der Waals surface area contributed by atoms with Gasteiger partial charge in [0.05, 0.1) is 5.52 Å². The lowest BCUT2D eigenvalue weighted by Gasteiger charge is -2.14. The monoisotopic (exact) mass is 347 g/mol. The fourth-order valence-corrected chi connectivity index (χ4v) is 2.83. The van der Waals surface area contributed by atoms with E-state index in [9.17, 15) is 4.39 Å². The first-order valence-corrected chi connectivity index (χ1v) is 8.44. The number of nitrogens with one attached hydrogen (secondary N) is 1. The molecule has 0 saturated carbocycles. The molecule has 26 heavy (non-hydrogen) atoms. The SMILES string of the molecule is Fc1c(OCc2ccccc2)c(OCc2ccccc2)cc2[nH]ccc12. The third-order valence-corrected chi connectivity index (χ3v) is 4.18. The minimum Gasteiger partial charge on any atom is -0.485 e. The van der Waals surface area contributed by atoms with Crippen LogP contribution in [0.1, 0.15) is 11.1 Å². The number of hydrogen-bond acceptors (Lipinski definition) is 2. The van der Waals surface area contributed by atoms with Gasteiger partial charge in [-0.3, -0.25) is 0 Å². The van der Waals surface area contributed by atoms with Gasteiger partial charge in [-0.25, -0.2) is 4.39 Å². The van der Waals surface area contributed by atoms with E-state index in [4.69, 9.17) is 9.47 Å². The van der Waals surface area contributed by atoms with E-state index in [-0.39, 0.29) is 12.4 Å². The van der Waals surface area contributed by atoms with Crippen LogP contribution < -0.4 is 9.47 Å². The molecule has 1 aromatic heterocycles. The lowest BCUT2D eigenvalue weighted by molar-refractivity contribution is 0.247. The van der Waals surface area contributed by atoms with Crippen LogP contribution in [0.3, 0.4) is 0 Å². The quantitative estimate of drug-likeness (QED) is 0.502. The molecule has 0 unspecified atom stereocenters. The van der Waals surface area contributed by atoms with Gasteiger partial charge in [0.25, 0.3) is 0 Å². The first-order valence-electron chi connectivity index (χ1n) is 8.44. The summed E-state index contributed by atoms with van der Waals surface area (Å²) in [4.78, 5) is 3.02. The van der Waals surface area contributed by atoms with Crippen molar-refractivity contribution in [3.8, 4) is 11.5 Å². The molecule has 4 aromatic rings. The Hall–Kier alpha value is -3.27. The van der Waals surface area contributed by atoms with Crippen LogP contribution in [0.2, 0.25) is 0 Å². The Balaban J connectivity index is 1.63. The lowest BCUT2D eigenvalue weighted by atomic mass is 10.2. The van der Waals surface area contributed by atoms with Gasteiger partial charge in [-0.1, -0.05) is 60.7 Å². The fraction of sp³-hybridized carbons (Fsp3) is 0.0909. The van der Waals surface area contributed by atoms with Gasteiger partial charge < -0.3 is 14.5 Å². The molecule has 0 fully saturated rings. The van der Waals surface area contributed by atoms with Crippen molar-refractivity contribution in [3.63, 3.8) is 0 Å². The van der Waals surface area contributed by atoms with Gasteiger partial charge in [-0.15, -0.1) is 0 Å². The van der Waals surface area contributed by atoms with E-state index in [0.29, 0.717) is 23.3 Å². The Bertz CT molecular complexity index is 997. The molecule has 0 atom stereocenters. The summed E-state index contributed by atoms with van der Waals surface area (Å²) < 4.78 is 26.7. The number of aromatic nitrogens is 1. The highest BCUT2D eigenvalue weighted by Gasteiger charge is 2.17. The molecule has 1 N–H and O–H groups in total. The molecule has 0 aliphatic rings. The maximum absolute atomic E-state index is 15.0. The Morgan fingerprint density at radius 3 is 2.04 bits per heavy atom. The number of benzene rings is 3. The summed E-state index contributed by atoms with van der Waals surface area (Å²) in [7, 11) is 0. The molecule has 0 aliphatic carbocycles. The molecule has 4 rings (SSSR count). The number of fused-ring (bicyclic) bond motifs is 1. The van der Waals surface area contributed by atoms with E-state index < -0.39 is 5.82 Å². The van der Waals surface area contributed by atoms with Gasteiger partial charge in [-0.05, 0) is 17.2 Å². The van der Waals surface area contributed by atoms with Crippen LogP contribution in [0, 0.1) is 5.82 Å². The Morgan fingerprint density at radius 1 is 0.769 bits per heavy atom. The zero-order valence-electron chi connectivity index (χ0n) is 14.1. The third-order valence-electron chi connectivity index (χ3n) is 4.18. The maximum atomic E-state index is 15.0. The van der Waals surface area contributed by atoms with Crippen molar-refractivity contribution in [2.45, 2.75) is 13.2 Å². The van der Waals surface area contributed by atoms with Gasteiger partial charge in [0.1, 0.15) is 13.2 Å². The molecule has 0 aliphatic heterocycles. The topological polar surface area (TPSA) is 34.2 Å². The normalized spacial score (nSPS) is 10.8. The van der Waals surface area contributed by atoms with Crippen LogP contribution in [0.25, 0.3) is 10.9 Å². The smallest absolute Gasteiger partial charge is 0.198 e. The standard InChI is InChI=1S/C22H18FNO2/c23-21-18-11-12-24-19(18)13-20(25-14-16-7-3-1-4-8-16)22(21)26-15-17-9-5-2-6-10-17/h1-13,24H,14-15H2. The summed E-state index contributed by atoms with van der Waals surface area (Å²) in [5.41, 5.74) is 2.65. The van der Waals surface area contributed by atoms with Gasteiger partial charge >= 0.3 is 0 Å². The largest absolute Gasteiger partial charge is 0.485 e. The molecule has 1 heterocycles. The van der Waals surface area contributed by atoms with E-state index in [2.05, 4.69) is 4.98 Å². The zero-order chi connectivity index (χ0) is 17.8. The Morgan fingerprint density at radius 2 is 1.38 bits per heavy atom. The molecule has 0 spiro atoms. The van der Waals surface area contributed by atoms with Crippen molar-refractivity contribution >= 4 is 10.9 Å². The molecule has 130 valence electrons. The number of H-pyrrole nitrogens is 1. The average Bonchev–Trinajstić information content (AvgIpc) is 3.16. The summed E-state index contributed by atoms with van der Waals surface area (Å²) >= 11 is 0. The van der Waals surface area contributed by atoms with Crippen LogP contribution in [-0.2, 0) is 13.2 Å². The van der Waals surface area contributed by atoms with Crippen molar-refractivity contribution < 1.29 is 13.9 Å². The molecule has 0 bridgehead atoms. The number of halogens is 1. The van der Waals surface area contributed by atoms with Crippen molar-refractivity contribution in [2.75, 3.05) is 0 Å². The molecular weight excluding hydrogens is 329 g/mol. The third kappa shape index (κ3) is 3.40. The van der Waals surface area contributed by atoms with Crippen molar-refractivity contribution in [1.29, 1.82) is 0 Å². The molecule has 0 amide bonds. The van der Waals surface area contributed by atoms with Gasteiger partial charge in [0.2, 0.25) is 0 Å². The van der Waals surface area contributed by atoms with Crippen LogP contribution in [0.4, 0.5) is 4.39 Å². The van der Waals surface area contributed by atoms with E-state index >= 15 is 0 Å². The van der Waals surface area contributed by atoms with Crippen molar-refractivity contribution in [3.05, 3.63) is 95.9 Å². The highest BCUT2D eigenvalue weighted by atomic mass is 19.1. The average molecular weight is 347 g/mol. The first-order chi connectivity index (χ1) is 12.8. The Labute approximate surface area is 151 Å². The number of hydrogen-bond donors (Lipinski definition) is 1. The first kappa shape index (κ1) is 16.2. The van der Waals surface area contributed by atoms with E-state index in [1.165, 1.54) is 0 Å². The highest BCUT2D eigenvalue weighted by Crippen LogP contribution is 2.37. The Kier molecular flexibility index (Phi) is 4.56. The number of rotatable bonds is 6. The maximum Gasteiger partial charge on any atom is 0.198 e. The van der Waals surface area contributed by atoms with Crippen LogP contribution >= 0.6 is 0 Å². The van der Waals surface area contributed by atoms with Gasteiger partial charge in [0.15, 0.2) is 17.3 Å². The summed E-state index contributed by atoms with van der Waals surface area (Å²) in [6, 6.07) is 22.9. The van der Waals surface area contributed by atoms with Crippen LogP contribution in [0.15, 0.2) is 79.0 Å². The van der Waals surface area contributed by atoms with E-state index in [1.807, 2.05) is 60.7 Å². The molecule has 3 nitrogen and oxygen atoms in total. The molecule has 0 saturated heterocycles. The van der Waals surface area contributed by atoms with Crippen molar-refractivity contribution in [2.24, 2.45) is 0 Å². The second-order valence-electron chi connectivity index (χ2n) is 6.01. The molecular formula is C22H18FNO2.